The van der Waals surface area contributed by atoms with Gasteiger partial charge in [0.15, 0.2) is 0 Å². The molecule has 0 radical (unpaired) electrons. The first kappa shape index (κ1) is 19.7. The number of piperidine rings is 1. The van der Waals surface area contributed by atoms with E-state index in [0.29, 0.717) is 5.02 Å². The van der Waals surface area contributed by atoms with Crippen LogP contribution in [0.25, 0.3) is 0 Å². The number of hydrogen-bond acceptors (Lipinski definition) is 5. The predicted octanol–water partition coefficient (Wildman–Crippen LogP) is 3.16. The first-order valence-corrected chi connectivity index (χ1v) is 9.13. The lowest BCUT2D eigenvalue weighted by molar-refractivity contribution is -0.158. The molecule has 0 aromatic heterocycles. The summed E-state index contributed by atoms with van der Waals surface area (Å²) in [4.78, 5) is 25.4. The Balaban J connectivity index is 2.54. The second-order valence-corrected chi connectivity index (χ2v) is 6.75. The molecule has 1 fully saturated rings. The summed E-state index contributed by atoms with van der Waals surface area (Å²) in [6.45, 7) is 7.99. The fourth-order valence-corrected chi connectivity index (χ4v) is 4.04. The number of rotatable bonds is 5. The number of nitrogens with one attached hydrogen (secondary N) is 1. The number of ether oxygens (including phenoxy) is 2. The SMILES string of the molecule is CCOC(=O)[C@@H]1C(c2ccccc2Cl)[C@@H](C(=O)OCC)[C@@H](C)N[C@@H]1C. The van der Waals surface area contributed by atoms with E-state index in [0.717, 1.165) is 5.56 Å². The van der Waals surface area contributed by atoms with Crippen LogP contribution >= 0.6 is 11.6 Å². The summed E-state index contributed by atoms with van der Waals surface area (Å²) >= 11 is 6.42. The van der Waals surface area contributed by atoms with Gasteiger partial charge in [-0.25, -0.2) is 0 Å². The van der Waals surface area contributed by atoms with Gasteiger partial charge in [0.05, 0.1) is 25.0 Å². The monoisotopic (exact) mass is 367 g/mol. The van der Waals surface area contributed by atoms with Gasteiger partial charge in [0.1, 0.15) is 0 Å². The zero-order valence-electron chi connectivity index (χ0n) is 15.1. The van der Waals surface area contributed by atoms with E-state index in [-0.39, 0.29) is 37.2 Å². The van der Waals surface area contributed by atoms with Crippen molar-refractivity contribution in [1.82, 2.24) is 5.32 Å². The summed E-state index contributed by atoms with van der Waals surface area (Å²) in [6, 6.07) is 7.04. The standard InChI is InChI=1S/C19H26ClNO4/c1-5-24-18(22)15-11(3)21-12(4)16(19(23)25-6-2)17(15)13-9-7-8-10-14(13)20/h7-12,15-17,21H,5-6H2,1-4H3/t11-,12-,15+,16+/m1/s1. The van der Waals surface area contributed by atoms with Crippen LogP contribution in [-0.4, -0.2) is 37.2 Å². The van der Waals surface area contributed by atoms with Crippen molar-refractivity contribution in [1.29, 1.82) is 0 Å². The van der Waals surface area contributed by atoms with Gasteiger partial charge < -0.3 is 14.8 Å². The van der Waals surface area contributed by atoms with Crippen molar-refractivity contribution < 1.29 is 19.1 Å². The maximum atomic E-state index is 12.7. The minimum absolute atomic E-state index is 0.152. The number of carbonyl (C=O) groups is 2. The molecule has 0 spiro atoms. The van der Waals surface area contributed by atoms with Crippen molar-refractivity contribution in [2.45, 2.75) is 45.7 Å². The molecule has 4 atom stereocenters. The summed E-state index contributed by atoms with van der Waals surface area (Å²) in [5, 5.41) is 3.87. The van der Waals surface area contributed by atoms with Crippen molar-refractivity contribution in [2.24, 2.45) is 11.8 Å². The molecule has 1 saturated heterocycles. The van der Waals surface area contributed by atoms with E-state index >= 15 is 0 Å². The van der Waals surface area contributed by atoms with Gasteiger partial charge in [0.2, 0.25) is 0 Å². The lowest BCUT2D eigenvalue weighted by atomic mass is 9.68. The van der Waals surface area contributed by atoms with Gasteiger partial charge in [-0.1, -0.05) is 29.8 Å². The Hall–Kier alpha value is -1.59. The van der Waals surface area contributed by atoms with E-state index < -0.39 is 17.8 Å². The molecule has 1 N–H and O–H groups in total. The average molecular weight is 368 g/mol. The van der Waals surface area contributed by atoms with Crippen LogP contribution in [0.3, 0.4) is 0 Å². The van der Waals surface area contributed by atoms with Crippen molar-refractivity contribution in [3.05, 3.63) is 34.9 Å². The molecule has 0 saturated carbocycles. The number of halogens is 1. The van der Waals surface area contributed by atoms with Crippen LogP contribution in [0.15, 0.2) is 24.3 Å². The molecule has 1 aromatic carbocycles. The second kappa shape index (κ2) is 8.68. The Bertz CT molecular complexity index is 591. The first-order chi connectivity index (χ1) is 11.9. The maximum Gasteiger partial charge on any atom is 0.311 e. The number of benzene rings is 1. The zero-order chi connectivity index (χ0) is 18.6. The molecule has 6 heteroatoms. The average Bonchev–Trinajstić information content (AvgIpc) is 2.54. The zero-order valence-corrected chi connectivity index (χ0v) is 15.9. The van der Waals surface area contributed by atoms with Crippen molar-refractivity contribution >= 4 is 23.5 Å². The summed E-state index contributed by atoms with van der Waals surface area (Å²) in [7, 11) is 0. The highest BCUT2D eigenvalue weighted by Gasteiger charge is 2.50. The van der Waals surface area contributed by atoms with Gasteiger partial charge >= 0.3 is 11.9 Å². The fourth-order valence-electron chi connectivity index (χ4n) is 3.78. The summed E-state index contributed by atoms with van der Waals surface area (Å²) in [6.07, 6.45) is 0. The van der Waals surface area contributed by atoms with E-state index in [1.807, 2.05) is 32.0 Å². The topological polar surface area (TPSA) is 64.6 Å². The van der Waals surface area contributed by atoms with Crippen LogP contribution in [0.5, 0.6) is 0 Å². The van der Waals surface area contributed by atoms with Gasteiger partial charge in [-0.2, -0.15) is 0 Å². The maximum absolute atomic E-state index is 12.7. The van der Waals surface area contributed by atoms with Crippen LogP contribution in [-0.2, 0) is 19.1 Å². The molecule has 2 rings (SSSR count). The highest BCUT2D eigenvalue weighted by molar-refractivity contribution is 6.31. The van der Waals surface area contributed by atoms with Gasteiger partial charge in [0, 0.05) is 23.0 Å². The minimum atomic E-state index is -0.523. The van der Waals surface area contributed by atoms with Gasteiger partial charge in [-0.3, -0.25) is 9.59 Å². The molecule has 1 heterocycles. The van der Waals surface area contributed by atoms with Crippen LogP contribution in [0, 0.1) is 11.8 Å². The second-order valence-electron chi connectivity index (χ2n) is 6.35. The Kier molecular flexibility index (Phi) is 6.85. The first-order valence-electron chi connectivity index (χ1n) is 8.76. The summed E-state index contributed by atoms with van der Waals surface area (Å²) in [5.41, 5.74) is 0.778. The number of carbonyl (C=O) groups excluding carboxylic acids is 2. The minimum Gasteiger partial charge on any atom is -0.466 e. The largest absolute Gasteiger partial charge is 0.466 e. The predicted molar refractivity (Wildman–Crippen MR) is 96.5 cm³/mol. The Morgan fingerprint density at radius 3 is 1.92 bits per heavy atom. The molecule has 0 amide bonds. The van der Waals surface area contributed by atoms with Crippen molar-refractivity contribution in [2.75, 3.05) is 13.2 Å². The smallest absolute Gasteiger partial charge is 0.311 e. The van der Waals surface area contributed by atoms with E-state index in [4.69, 9.17) is 21.1 Å². The summed E-state index contributed by atoms with van der Waals surface area (Å²) < 4.78 is 10.6. The van der Waals surface area contributed by atoms with Crippen LogP contribution in [0.4, 0.5) is 0 Å². The van der Waals surface area contributed by atoms with Gasteiger partial charge in [-0.15, -0.1) is 0 Å². The Labute approximate surface area is 154 Å². The van der Waals surface area contributed by atoms with Crippen molar-refractivity contribution in [3.63, 3.8) is 0 Å². The van der Waals surface area contributed by atoms with Gasteiger partial charge in [-0.05, 0) is 39.3 Å². The molecule has 1 aromatic rings. The Morgan fingerprint density at radius 2 is 1.48 bits per heavy atom. The third kappa shape index (κ3) is 4.15. The third-order valence-electron chi connectivity index (χ3n) is 4.76. The molecule has 1 aliphatic rings. The van der Waals surface area contributed by atoms with Crippen LogP contribution in [0.2, 0.25) is 5.02 Å². The molecule has 0 bridgehead atoms. The van der Waals surface area contributed by atoms with E-state index in [1.54, 1.807) is 19.9 Å². The molecular weight excluding hydrogens is 342 g/mol. The molecule has 25 heavy (non-hydrogen) atoms. The molecule has 1 aliphatic heterocycles. The lowest BCUT2D eigenvalue weighted by Crippen LogP contribution is -2.58. The fraction of sp³-hybridized carbons (Fsp3) is 0.579. The van der Waals surface area contributed by atoms with Crippen LogP contribution < -0.4 is 5.32 Å². The normalized spacial score (nSPS) is 29.1. The molecule has 0 aliphatic carbocycles. The Morgan fingerprint density at radius 1 is 1.00 bits per heavy atom. The van der Waals surface area contributed by atoms with Crippen LogP contribution in [0.1, 0.15) is 39.2 Å². The highest BCUT2D eigenvalue weighted by Crippen LogP contribution is 2.43. The quantitative estimate of drug-likeness (QED) is 0.810. The third-order valence-corrected chi connectivity index (χ3v) is 5.10. The molecular formula is C19H26ClNO4. The van der Waals surface area contributed by atoms with Gasteiger partial charge in [0.25, 0.3) is 0 Å². The highest BCUT2D eigenvalue weighted by atomic mass is 35.5. The molecule has 138 valence electrons. The lowest BCUT2D eigenvalue weighted by Gasteiger charge is -2.44. The number of hydrogen-bond donors (Lipinski definition) is 1. The summed E-state index contributed by atoms with van der Waals surface area (Å²) in [5.74, 6) is -2.10. The molecule has 0 unspecified atom stereocenters. The molecule has 5 nitrogen and oxygen atoms in total. The van der Waals surface area contributed by atoms with E-state index in [9.17, 15) is 9.59 Å². The van der Waals surface area contributed by atoms with E-state index in [2.05, 4.69) is 5.32 Å². The number of esters is 2. The van der Waals surface area contributed by atoms with Crippen molar-refractivity contribution in [3.8, 4) is 0 Å². The van der Waals surface area contributed by atoms with E-state index in [1.165, 1.54) is 0 Å².